The van der Waals surface area contributed by atoms with E-state index in [9.17, 15) is 4.79 Å². The monoisotopic (exact) mass is 278 g/mol. The van der Waals surface area contributed by atoms with Crippen molar-refractivity contribution in [2.75, 3.05) is 36.9 Å². The Morgan fingerprint density at radius 1 is 1.40 bits per heavy atom. The van der Waals surface area contributed by atoms with Crippen LogP contribution in [0.3, 0.4) is 0 Å². The van der Waals surface area contributed by atoms with Crippen molar-refractivity contribution in [1.29, 1.82) is 0 Å². The van der Waals surface area contributed by atoms with E-state index in [-0.39, 0.29) is 0 Å². The van der Waals surface area contributed by atoms with Crippen LogP contribution in [0.5, 0.6) is 0 Å². The molecule has 0 atom stereocenters. The molecule has 0 unspecified atom stereocenters. The number of hydrogen-bond acceptors (Lipinski definition) is 6. The molecule has 2 fully saturated rings. The first-order valence-corrected chi connectivity index (χ1v) is 6.68. The second-order valence-corrected chi connectivity index (χ2v) is 5.13. The van der Waals surface area contributed by atoms with Crippen LogP contribution < -0.4 is 16.4 Å². The normalized spacial score (nSPS) is 21.3. The van der Waals surface area contributed by atoms with Crippen molar-refractivity contribution >= 4 is 17.4 Å². The molecule has 108 valence electrons. The van der Waals surface area contributed by atoms with Crippen LogP contribution >= 0.6 is 0 Å². The molecule has 1 aromatic rings. The van der Waals surface area contributed by atoms with Gasteiger partial charge in [-0.1, -0.05) is 0 Å². The van der Waals surface area contributed by atoms with Crippen molar-refractivity contribution < 1.29 is 14.3 Å². The average molecular weight is 278 g/mol. The number of hydrogen-bond donors (Lipinski definition) is 2. The number of carbonyl (C=O) groups excluding carboxylic acids is 1. The van der Waals surface area contributed by atoms with Crippen molar-refractivity contribution in [3.05, 3.63) is 17.8 Å². The van der Waals surface area contributed by atoms with Gasteiger partial charge in [-0.25, -0.2) is 4.98 Å². The minimum Gasteiger partial charge on any atom is -0.397 e. The first-order valence-electron chi connectivity index (χ1n) is 6.68. The van der Waals surface area contributed by atoms with Crippen LogP contribution in [0.2, 0.25) is 0 Å². The molecule has 2 saturated heterocycles. The van der Waals surface area contributed by atoms with Crippen LogP contribution in [0.1, 0.15) is 23.2 Å². The molecule has 3 rings (SSSR count). The van der Waals surface area contributed by atoms with Gasteiger partial charge in [0.25, 0.3) is 5.91 Å². The molecule has 0 saturated carbocycles. The summed E-state index contributed by atoms with van der Waals surface area (Å²) >= 11 is 0. The fraction of sp³-hybridized carbons (Fsp3) is 0.538. The van der Waals surface area contributed by atoms with E-state index in [1.807, 2.05) is 4.90 Å². The molecule has 1 amide bonds. The van der Waals surface area contributed by atoms with E-state index in [0.717, 1.165) is 19.4 Å². The molecule has 0 bridgehead atoms. The highest BCUT2D eigenvalue weighted by atomic mass is 16.7. The molecule has 7 nitrogen and oxygen atoms in total. The summed E-state index contributed by atoms with van der Waals surface area (Å²) in [6.45, 7) is 2.68. The average Bonchev–Trinajstić information content (AvgIpc) is 2.87. The highest BCUT2D eigenvalue weighted by molar-refractivity contribution is 5.98. The van der Waals surface area contributed by atoms with Crippen LogP contribution in [-0.4, -0.2) is 43.0 Å². The molecule has 2 aliphatic rings. The van der Waals surface area contributed by atoms with Gasteiger partial charge in [0.15, 0.2) is 5.79 Å². The Morgan fingerprint density at radius 2 is 2.15 bits per heavy atom. The number of nitrogen functional groups attached to an aromatic ring is 1. The van der Waals surface area contributed by atoms with E-state index in [1.54, 1.807) is 6.07 Å². The van der Waals surface area contributed by atoms with E-state index in [1.165, 1.54) is 6.20 Å². The number of rotatable bonds is 2. The van der Waals surface area contributed by atoms with Crippen LogP contribution in [0, 0.1) is 0 Å². The zero-order valence-electron chi connectivity index (χ0n) is 11.2. The van der Waals surface area contributed by atoms with Gasteiger partial charge in [0.05, 0.1) is 37.2 Å². The number of piperidine rings is 1. The summed E-state index contributed by atoms with van der Waals surface area (Å²) in [6.07, 6.45) is 3.28. The Hall–Kier alpha value is -1.86. The number of pyridine rings is 1. The Bertz CT molecular complexity index is 528. The van der Waals surface area contributed by atoms with Crippen molar-refractivity contribution in [3.63, 3.8) is 0 Å². The van der Waals surface area contributed by atoms with Gasteiger partial charge in [-0.15, -0.1) is 0 Å². The van der Waals surface area contributed by atoms with E-state index >= 15 is 0 Å². The van der Waals surface area contributed by atoms with Gasteiger partial charge in [-0.3, -0.25) is 4.79 Å². The second-order valence-electron chi connectivity index (χ2n) is 5.13. The van der Waals surface area contributed by atoms with E-state index in [2.05, 4.69) is 4.98 Å². The van der Waals surface area contributed by atoms with Gasteiger partial charge in [-0.2, -0.15) is 0 Å². The zero-order chi connectivity index (χ0) is 14.2. The quantitative estimate of drug-likeness (QED) is 0.795. The number of aromatic nitrogens is 1. The van der Waals surface area contributed by atoms with Gasteiger partial charge in [-0.05, 0) is 12.5 Å². The summed E-state index contributed by atoms with van der Waals surface area (Å²) in [7, 11) is 0. The smallest absolute Gasteiger partial charge is 0.250 e. The van der Waals surface area contributed by atoms with Gasteiger partial charge >= 0.3 is 0 Å². The summed E-state index contributed by atoms with van der Waals surface area (Å²) in [6, 6.07) is 1.63. The molecular weight excluding hydrogens is 260 g/mol. The lowest BCUT2D eigenvalue weighted by atomic mass is 10.0. The molecule has 7 heteroatoms. The molecule has 1 aromatic heterocycles. The maximum absolute atomic E-state index is 11.4. The van der Waals surface area contributed by atoms with Crippen LogP contribution in [-0.2, 0) is 9.47 Å². The fourth-order valence-electron chi connectivity index (χ4n) is 2.76. The summed E-state index contributed by atoms with van der Waals surface area (Å²) in [4.78, 5) is 17.7. The molecule has 0 aromatic carbocycles. The molecule has 3 heterocycles. The molecule has 0 aliphatic carbocycles. The number of anilines is 2. The first kappa shape index (κ1) is 13.1. The van der Waals surface area contributed by atoms with Crippen LogP contribution in [0.4, 0.5) is 11.5 Å². The number of nitrogens with zero attached hydrogens (tertiary/aromatic N) is 2. The Kier molecular flexibility index (Phi) is 3.23. The van der Waals surface area contributed by atoms with Crippen LogP contribution in [0.15, 0.2) is 12.3 Å². The molecular formula is C13H18N4O3. The lowest BCUT2D eigenvalue weighted by Crippen LogP contribution is -2.49. The topological polar surface area (TPSA) is 104 Å². The molecule has 0 radical (unpaired) electrons. The van der Waals surface area contributed by atoms with E-state index < -0.39 is 11.7 Å². The zero-order valence-corrected chi connectivity index (χ0v) is 11.2. The van der Waals surface area contributed by atoms with Crippen molar-refractivity contribution in [2.24, 2.45) is 5.73 Å². The predicted octanol–water partition coefficient (Wildman–Crippen LogP) is 0.106. The second kappa shape index (κ2) is 4.92. The van der Waals surface area contributed by atoms with Gasteiger partial charge < -0.3 is 25.8 Å². The van der Waals surface area contributed by atoms with Crippen molar-refractivity contribution in [1.82, 2.24) is 4.98 Å². The molecule has 20 heavy (non-hydrogen) atoms. The van der Waals surface area contributed by atoms with Crippen molar-refractivity contribution in [3.8, 4) is 0 Å². The highest BCUT2D eigenvalue weighted by Crippen LogP contribution is 2.32. The molecule has 2 aliphatic heterocycles. The lowest BCUT2D eigenvalue weighted by Gasteiger charge is -2.39. The number of ether oxygens (including phenoxy) is 2. The number of primary amides is 1. The van der Waals surface area contributed by atoms with Crippen molar-refractivity contribution in [2.45, 2.75) is 18.6 Å². The Morgan fingerprint density at radius 3 is 2.85 bits per heavy atom. The Balaban J connectivity index is 1.85. The first-order chi connectivity index (χ1) is 9.60. The fourth-order valence-corrected chi connectivity index (χ4v) is 2.76. The minimum atomic E-state index is -0.550. The summed E-state index contributed by atoms with van der Waals surface area (Å²) in [5.74, 6) is -0.411. The third kappa shape index (κ3) is 2.30. The maximum atomic E-state index is 11.4. The molecule has 1 spiro atoms. The Labute approximate surface area is 116 Å². The van der Waals surface area contributed by atoms with Gasteiger partial charge in [0.1, 0.15) is 5.82 Å². The minimum absolute atomic E-state index is 0.293. The SMILES string of the molecule is NC(=O)c1cc(N2CCCC3(C2)OCCO3)ncc1N. The lowest BCUT2D eigenvalue weighted by molar-refractivity contribution is -0.161. The predicted molar refractivity (Wildman–Crippen MR) is 73.2 cm³/mol. The van der Waals surface area contributed by atoms with Crippen LogP contribution in [0.25, 0.3) is 0 Å². The summed E-state index contributed by atoms with van der Waals surface area (Å²) in [5.41, 5.74) is 11.6. The largest absolute Gasteiger partial charge is 0.397 e. The van der Waals surface area contributed by atoms with Gasteiger partial charge in [0, 0.05) is 13.0 Å². The number of nitrogens with two attached hydrogens (primary N) is 2. The summed E-state index contributed by atoms with van der Waals surface area (Å²) < 4.78 is 11.5. The number of amides is 1. The molecule has 4 N–H and O–H groups in total. The van der Waals surface area contributed by atoms with E-state index in [0.29, 0.717) is 36.8 Å². The van der Waals surface area contributed by atoms with Gasteiger partial charge in [0.2, 0.25) is 0 Å². The third-order valence-corrected chi connectivity index (χ3v) is 3.74. The highest BCUT2D eigenvalue weighted by Gasteiger charge is 2.41. The third-order valence-electron chi connectivity index (χ3n) is 3.74. The summed E-state index contributed by atoms with van der Waals surface area (Å²) in [5, 5.41) is 0. The standard InChI is InChI=1S/C13H18N4O3/c14-10-7-16-11(6-9(10)12(15)18)17-3-1-2-13(8-17)19-4-5-20-13/h6-7H,1-5,8,14H2,(H2,15,18). The maximum Gasteiger partial charge on any atom is 0.250 e. The van der Waals surface area contributed by atoms with E-state index in [4.69, 9.17) is 20.9 Å². The number of carbonyl (C=O) groups is 1.